The van der Waals surface area contributed by atoms with Gasteiger partial charge < -0.3 is 15.2 Å². The van der Waals surface area contributed by atoms with E-state index in [-0.39, 0.29) is 0 Å². The highest BCUT2D eigenvalue weighted by molar-refractivity contribution is 5.97. The number of benzene rings is 2. The summed E-state index contributed by atoms with van der Waals surface area (Å²) in [6, 6.07) is 15.4. The fourth-order valence-corrected chi connectivity index (χ4v) is 2.26. The van der Waals surface area contributed by atoms with Crippen LogP contribution in [0.1, 0.15) is 28.4 Å². The Balaban J connectivity index is 2.00. The summed E-state index contributed by atoms with van der Waals surface area (Å²) in [4.78, 5) is 23.8. The van der Waals surface area contributed by atoms with Crippen molar-refractivity contribution in [2.24, 2.45) is 0 Å². The van der Waals surface area contributed by atoms with Crippen molar-refractivity contribution >= 4 is 18.0 Å². The summed E-state index contributed by atoms with van der Waals surface area (Å²) >= 11 is 0. The zero-order chi connectivity index (χ0) is 19.6. The highest BCUT2D eigenvalue weighted by atomic mass is 16.5. The van der Waals surface area contributed by atoms with Crippen molar-refractivity contribution in [3.63, 3.8) is 0 Å². The molecule has 0 saturated heterocycles. The van der Waals surface area contributed by atoms with Gasteiger partial charge in [-0.05, 0) is 48.9 Å². The van der Waals surface area contributed by atoms with Gasteiger partial charge in [-0.3, -0.25) is 4.79 Å². The SMILES string of the molecule is COC(=O)[C@@H](NC(=O)c1ccc(C#CC=Cc2ccccc2)cc1)[C@@H](C)O. The van der Waals surface area contributed by atoms with Crippen LogP contribution in [0.25, 0.3) is 6.08 Å². The number of esters is 1. The van der Waals surface area contributed by atoms with Gasteiger partial charge in [0.25, 0.3) is 5.91 Å². The van der Waals surface area contributed by atoms with Gasteiger partial charge in [-0.15, -0.1) is 0 Å². The van der Waals surface area contributed by atoms with Crippen molar-refractivity contribution in [1.29, 1.82) is 0 Å². The maximum absolute atomic E-state index is 12.2. The van der Waals surface area contributed by atoms with Gasteiger partial charge in [0, 0.05) is 11.1 Å². The third-order valence-electron chi connectivity index (χ3n) is 3.75. The van der Waals surface area contributed by atoms with Crippen molar-refractivity contribution in [1.82, 2.24) is 5.32 Å². The molecule has 0 radical (unpaired) electrons. The predicted octanol–water partition coefficient (Wildman–Crippen LogP) is 2.40. The monoisotopic (exact) mass is 363 g/mol. The van der Waals surface area contributed by atoms with E-state index >= 15 is 0 Å². The van der Waals surface area contributed by atoms with E-state index in [1.54, 1.807) is 30.3 Å². The fourth-order valence-electron chi connectivity index (χ4n) is 2.26. The molecular weight excluding hydrogens is 342 g/mol. The average Bonchev–Trinajstić information content (AvgIpc) is 2.69. The topological polar surface area (TPSA) is 75.6 Å². The van der Waals surface area contributed by atoms with Gasteiger partial charge in [-0.2, -0.15) is 0 Å². The third kappa shape index (κ3) is 6.14. The smallest absolute Gasteiger partial charge is 0.331 e. The molecular formula is C22H21NO4. The van der Waals surface area contributed by atoms with Crippen molar-refractivity contribution < 1.29 is 19.4 Å². The maximum Gasteiger partial charge on any atom is 0.331 e. The molecule has 0 fully saturated rings. The largest absolute Gasteiger partial charge is 0.467 e. The molecule has 0 heterocycles. The lowest BCUT2D eigenvalue weighted by Gasteiger charge is -2.18. The minimum Gasteiger partial charge on any atom is -0.467 e. The number of ether oxygens (including phenoxy) is 1. The van der Waals surface area contributed by atoms with Crippen LogP contribution in [0.5, 0.6) is 0 Å². The van der Waals surface area contributed by atoms with Crippen molar-refractivity contribution in [3.8, 4) is 11.8 Å². The summed E-state index contributed by atoms with van der Waals surface area (Å²) in [5.74, 6) is 4.75. The molecule has 1 amide bonds. The van der Waals surface area contributed by atoms with Crippen molar-refractivity contribution in [2.45, 2.75) is 19.1 Å². The van der Waals surface area contributed by atoms with Crippen LogP contribution in [-0.4, -0.2) is 36.2 Å². The van der Waals surface area contributed by atoms with Crippen LogP contribution in [0, 0.1) is 11.8 Å². The first kappa shape index (κ1) is 20.0. The van der Waals surface area contributed by atoms with E-state index in [9.17, 15) is 14.7 Å². The van der Waals surface area contributed by atoms with Gasteiger partial charge >= 0.3 is 5.97 Å². The Morgan fingerprint density at radius 3 is 2.37 bits per heavy atom. The number of rotatable bonds is 5. The molecule has 2 atom stereocenters. The van der Waals surface area contributed by atoms with Crippen LogP contribution < -0.4 is 5.32 Å². The molecule has 5 nitrogen and oxygen atoms in total. The summed E-state index contributed by atoms with van der Waals surface area (Å²) in [6.45, 7) is 1.41. The average molecular weight is 363 g/mol. The molecule has 0 aliphatic heterocycles. The van der Waals surface area contributed by atoms with Gasteiger partial charge in [0.1, 0.15) is 0 Å². The molecule has 27 heavy (non-hydrogen) atoms. The van der Waals surface area contributed by atoms with Crippen LogP contribution in [-0.2, 0) is 9.53 Å². The standard InChI is InChI=1S/C22H21NO4/c1-16(24)20(22(26)27-2)23-21(25)19-14-12-18(13-15-19)11-7-6-10-17-8-4-3-5-9-17/h3-6,8-10,12-16,20,24H,1-2H3,(H,23,25)/t16-,20+/m1/s1. The molecule has 2 aromatic rings. The minimum atomic E-state index is -1.12. The van der Waals surface area contributed by atoms with E-state index in [1.165, 1.54) is 14.0 Å². The lowest BCUT2D eigenvalue weighted by molar-refractivity contribution is -0.145. The first-order valence-electron chi connectivity index (χ1n) is 8.41. The zero-order valence-electron chi connectivity index (χ0n) is 15.2. The molecule has 0 unspecified atom stereocenters. The molecule has 0 aliphatic rings. The quantitative estimate of drug-likeness (QED) is 0.632. The first-order valence-corrected chi connectivity index (χ1v) is 8.41. The molecule has 0 saturated carbocycles. The highest BCUT2D eigenvalue weighted by Gasteiger charge is 2.26. The molecule has 2 rings (SSSR count). The van der Waals surface area contributed by atoms with Gasteiger partial charge in [-0.1, -0.05) is 42.2 Å². The second-order valence-electron chi connectivity index (χ2n) is 5.81. The van der Waals surface area contributed by atoms with E-state index in [2.05, 4.69) is 21.9 Å². The Morgan fingerprint density at radius 1 is 1.11 bits per heavy atom. The Hall–Kier alpha value is -3.36. The van der Waals surface area contributed by atoms with E-state index in [1.807, 2.05) is 36.4 Å². The van der Waals surface area contributed by atoms with Crippen LogP contribution in [0.15, 0.2) is 60.7 Å². The zero-order valence-corrected chi connectivity index (χ0v) is 15.2. The number of aliphatic hydroxyl groups excluding tert-OH is 1. The Bertz CT molecular complexity index is 859. The number of carbonyl (C=O) groups is 2. The maximum atomic E-state index is 12.2. The second kappa shape index (κ2) is 9.95. The summed E-state index contributed by atoms with van der Waals surface area (Å²) in [5, 5.41) is 12.1. The van der Waals surface area contributed by atoms with E-state index in [0.29, 0.717) is 5.56 Å². The lowest BCUT2D eigenvalue weighted by Crippen LogP contribution is -2.48. The molecule has 0 aromatic heterocycles. The van der Waals surface area contributed by atoms with Gasteiger partial charge in [0.05, 0.1) is 13.2 Å². The Morgan fingerprint density at radius 2 is 1.78 bits per heavy atom. The number of carbonyl (C=O) groups excluding carboxylic acids is 2. The number of methoxy groups -OCH3 is 1. The number of allylic oxidation sites excluding steroid dienone is 1. The summed E-state index contributed by atoms with van der Waals surface area (Å²) in [7, 11) is 1.20. The van der Waals surface area contributed by atoms with E-state index in [0.717, 1.165) is 11.1 Å². The Labute approximate surface area is 158 Å². The van der Waals surface area contributed by atoms with Crippen LogP contribution in [0.2, 0.25) is 0 Å². The molecule has 2 N–H and O–H groups in total. The fraction of sp³-hybridized carbons (Fsp3) is 0.182. The van der Waals surface area contributed by atoms with Gasteiger partial charge in [0.15, 0.2) is 6.04 Å². The van der Waals surface area contributed by atoms with Crippen LogP contribution >= 0.6 is 0 Å². The molecule has 2 aromatic carbocycles. The van der Waals surface area contributed by atoms with Crippen LogP contribution in [0.3, 0.4) is 0 Å². The number of nitrogens with one attached hydrogen (secondary N) is 1. The number of amides is 1. The van der Waals surface area contributed by atoms with Crippen LogP contribution in [0.4, 0.5) is 0 Å². The number of hydrogen-bond acceptors (Lipinski definition) is 4. The molecule has 0 aliphatic carbocycles. The molecule has 0 spiro atoms. The Kier molecular flexibility index (Phi) is 7.36. The van der Waals surface area contributed by atoms with E-state index in [4.69, 9.17) is 0 Å². The van der Waals surface area contributed by atoms with Crippen molar-refractivity contribution in [3.05, 3.63) is 77.4 Å². The molecule has 138 valence electrons. The lowest BCUT2D eigenvalue weighted by atomic mass is 10.1. The van der Waals surface area contributed by atoms with Gasteiger partial charge in [0.2, 0.25) is 0 Å². The molecule has 0 bridgehead atoms. The van der Waals surface area contributed by atoms with E-state index < -0.39 is 24.0 Å². The summed E-state index contributed by atoms with van der Waals surface area (Å²) in [6.07, 6.45) is 2.61. The molecule has 5 heteroatoms. The van der Waals surface area contributed by atoms with Gasteiger partial charge in [-0.25, -0.2) is 4.79 Å². The second-order valence-corrected chi connectivity index (χ2v) is 5.81. The number of hydrogen-bond donors (Lipinski definition) is 2. The number of aliphatic hydroxyl groups is 1. The highest BCUT2D eigenvalue weighted by Crippen LogP contribution is 2.06. The minimum absolute atomic E-state index is 0.356. The summed E-state index contributed by atoms with van der Waals surface area (Å²) in [5.41, 5.74) is 2.18. The van der Waals surface area contributed by atoms with Crippen molar-refractivity contribution in [2.75, 3.05) is 7.11 Å². The summed E-state index contributed by atoms with van der Waals surface area (Å²) < 4.78 is 4.58. The third-order valence-corrected chi connectivity index (χ3v) is 3.75. The predicted molar refractivity (Wildman–Crippen MR) is 104 cm³/mol. The first-order chi connectivity index (χ1) is 13.0. The normalized spacial score (nSPS) is 12.6.